The molecule has 2 aliphatic rings. The van der Waals surface area contributed by atoms with Crippen LogP contribution in [0.1, 0.15) is 62.7 Å². The van der Waals surface area contributed by atoms with Crippen molar-refractivity contribution in [3.05, 3.63) is 83.7 Å². The number of hydrogen-bond donors (Lipinski definition) is 1. The second-order valence-corrected chi connectivity index (χ2v) is 15.0. The standard InChI is InChI=1S/C33H38FN7O3S/c1-7-33(6,39-45(43)32(3,4)5)22-15-27(21-9-11-23(34)12-10-21)37-28(16-22)44-29-25-17-40(18-26(25)29)30(42)24-19-41(38-20(24)2)31-35-13-8-14-36-31/h8-16,19,25-26,29,39H,7,17-18H2,1-6H3/t25-,26+,29?,33?,45?. The van der Waals surface area contributed by atoms with E-state index in [1.807, 2.05) is 58.6 Å². The first-order valence-electron chi connectivity index (χ1n) is 15.1. The van der Waals surface area contributed by atoms with Gasteiger partial charge < -0.3 is 14.2 Å². The monoisotopic (exact) mass is 631 g/mol. The summed E-state index contributed by atoms with van der Waals surface area (Å²) < 4.78 is 37.8. The molecule has 5 atom stereocenters. The first-order chi connectivity index (χ1) is 21.4. The normalized spacial score (nSPS) is 21.2. The van der Waals surface area contributed by atoms with E-state index in [-0.39, 0.29) is 29.7 Å². The molecular weight excluding hydrogens is 593 g/mol. The van der Waals surface area contributed by atoms with Gasteiger partial charge in [-0.2, -0.15) is 5.10 Å². The average molecular weight is 632 g/mol. The molecule has 12 heteroatoms. The van der Waals surface area contributed by atoms with Crippen molar-refractivity contribution < 1.29 is 18.5 Å². The summed E-state index contributed by atoms with van der Waals surface area (Å²) in [6, 6.07) is 11.8. The molecule has 236 valence electrons. The number of likely N-dealkylation sites (tertiary alicyclic amines) is 1. The van der Waals surface area contributed by atoms with Gasteiger partial charge in [0.15, 0.2) is 0 Å². The minimum absolute atomic E-state index is 0.0732. The van der Waals surface area contributed by atoms with E-state index >= 15 is 0 Å². The molecule has 0 spiro atoms. The summed E-state index contributed by atoms with van der Waals surface area (Å²) >= 11 is -1.32. The molecule has 1 amide bonds. The highest BCUT2D eigenvalue weighted by Crippen LogP contribution is 2.48. The summed E-state index contributed by atoms with van der Waals surface area (Å²) in [7, 11) is 0. The zero-order valence-corrected chi connectivity index (χ0v) is 27.1. The zero-order valence-electron chi connectivity index (χ0n) is 26.3. The van der Waals surface area contributed by atoms with Crippen LogP contribution in [0.3, 0.4) is 0 Å². The summed E-state index contributed by atoms with van der Waals surface area (Å²) in [5.74, 6) is 0.832. The topological polar surface area (TPSA) is 121 Å². The Labute approximate surface area is 265 Å². The smallest absolute Gasteiger partial charge is 0.257 e. The van der Waals surface area contributed by atoms with Crippen molar-refractivity contribution >= 4 is 17.3 Å². The Morgan fingerprint density at radius 2 is 1.78 bits per heavy atom. The van der Waals surface area contributed by atoms with Crippen LogP contribution < -0.4 is 9.46 Å². The van der Waals surface area contributed by atoms with Crippen molar-refractivity contribution in [2.24, 2.45) is 11.8 Å². The SMILES string of the molecule is CCC(C)(N[S+]([O-])C(C)(C)C)c1cc(OC2[C@H]3CN(C(=O)c4cn(-c5ncccn5)nc4C)C[C@@H]23)nc(-c2ccc(F)cc2)c1. The van der Waals surface area contributed by atoms with Gasteiger partial charge in [-0.1, -0.05) is 6.92 Å². The molecule has 1 aliphatic carbocycles. The van der Waals surface area contributed by atoms with E-state index in [9.17, 15) is 13.7 Å². The molecule has 45 heavy (non-hydrogen) atoms. The Morgan fingerprint density at radius 3 is 2.40 bits per heavy atom. The number of piperidine rings is 1. The van der Waals surface area contributed by atoms with Crippen molar-refractivity contribution in [3.63, 3.8) is 0 Å². The molecule has 1 saturated carbocycles. The van der Waals surface area contributed by atoms with E-state index in [2.05, 4.69) is 19.8 Å². The molecule has 6 rings (SSSR count). The third-order valence-corrected chi connectivity index (χ3v) is 10.5. The second-order valence-electron chi connectivity index (χ2n) is 13.0. The molecule has 1 aliphatic heterocycles. The fourth-order valence-electron chi connectivity index (χ4n) is 5.65. The first kappa shape index (κ1) is 31.1. The fourth-order valence-corrected chi connectivity index (χ4v) is 6.63. The number of hydrogen-bond acceptors (Lipinski definition) is 8. The molecule has 3 unspecified atom stereocenters. The Bertz CT molecular complexity index is 1680. The maximum Gasteiger partial charge on any atom is 0.257 e. The third kappa shape index (κ3) is 6.31. The zero-order chi connectivity index (χ0) is 32.1. The molecule has 0 bridgehead atoms. The largest absolute Gasteiger partial charge is 0.598 e. The number of nitrogens with one attached hydrogen (secondary N) is 1. The van der Waals surface area contributed by atoms with Crippen LogP contribution in [0.15, 0.2) is 61.1 Å². The number of aromatic nitrogens is 5. The number of amides is 1. The van der Waals surface area contributed by atoms with Crippen molar-refractivity contribution in [2.45, 2.75) is 64.4 Å². The van der Waals surface area contributed by atoms with Crippen LogP contribution in [0.2, 0.25) is 0 Å². The van der Waals surface area contributed by atoms with Crippen molar-refractivity contribution in [3.8, 4) is 23.1 Å². The highest BCUT2D eigenvalue weighted by atomic mass is 32.2. The van der Waals surface area contributed by atoms with Gasteiger partial charge in [-0.25, -0.2) is 24.0 Å². The van der Waals surface area contributed by atoms with Crippen LogP contribution in [-0.2, 0) is 16.9 Å². The Morgan fingerprint density at radius 1 is 1.11 bits per heavy atom. The van der Waals surface area contributed by atoms with Gasteiger partial charge in [-0.05, 0) is 83.0 Å². The lowest BCUT2D eigenvalue weighted by atomic mass is 9.90. The average Bonchev–Trinajstić information content (AvgIpc) is 3.32. The minimum Gasteiger partial charge on any atom is -0.598 e. The van der Waals surface area contributed by atoms with Crippen LogP contribution in [0.25, 0.3) is 17.2 Å². The van der Waals surface area contributed by atoms with Crippen molar-refractivity contribution in [2.75, 3.05) is 13.1 Å². The number of pyridine rings is 1. The minimum atomic E-state index is -1.32. The number of aryl methyl sites for hydroxylation is 1. The van der Waals surface area contributed by atoms with Gasteiger partial charge >= 0.3 is 0 Å². The molecule has 3 aromatic heterocycles. The fraction of sp³-hybridized carbons (Fsp3) is 0.424. The van der Waals surface area contributed by atoms with Gasteiger partial charge in [-0.15, -0.1) is 4.72 Å². The molecule has 0 radical (unpaired) electrons. The van der Waals surface area contributed by atoms with Gasteiger partial charge in [0.2, 0.25) is 11.8 Å². The van der Waals surface area contributed by atoms with E-state index in [1.54, 1.807) is 36.8 Å². The Hall–Kier alpha value is -3.87. The summed E-state index contributed by atoms with van der Waals surface area (Å²) in [5, 5.41) is 4.44. The van der Waals surface area contributed by atoms with E-state index in [4.69, 9.17) is 9.72 Å². The first-order valence-corrected chi connectivity index (χ1v) is 16.3. The van der Waals surface area contributed by atoms with Crippen LogP contribution in [-0.4, -0.2) is 64.0 Å². The summed E-state index contributed by atoms with van der Waals surface area (Å²) in [6.45, 7) is 12.8. The molecule has 4 heterocycles. The third-order valence-electron chi connectivity index (χ3n) is 8.71. The van der Waals surface area contributed by atoms with Gasteiger partial charge in [-0.3, -0.25) is 4.79 Å². The van der Waals surface area contributed by atoms with Crippen LogP contribution >= 0.6 is 0 Å². The van der Waals surface area contributed by atoms with Gasteiger partial charge in [0.25, 0.3) is 5.91 Å². The number of benzene rings is 1. The molecule has 2 fully saturated rings. The highest BCUT2D eigenvalue weighted by molar-refractivity contribution is 7.90. The van der Waals surface area contributed by atoms with Gasteiger partial charge in [0, 0.05) is 66.5 Å². The summed E-state index contributed by atoms with van der Waals surface area (Å²) in [6.07, 6.45) is 5.54. The quantitative estimate of drug-likeness (QED) is 0.256. The molecule has 1 saturated heterocycles. The number of fused-ring (bicyclic) bond motifs is 1. The summed E-state index contributed by atoms with van der Waals surface area (Å²) in [4.78, 5) is 28.5. The molecule has 10 nitrogen and oxygen atoms in total. The molecule has 4 aromatic rings. The predicted molar refractivity (Wildman–Crippen MR) is 169 cm³/mol. The number of rotatable bonds is 9. The number of carbonyl (C=O) groups excluding carboxylic acids is 1. The van der Waals surface area contributed by atoms with Crippen LogP contribution in [0.4, 0.5) is 4.39 Å². The maximum atomic E-state index is 13.7. The number of halogens is 1. The van der Waals surface area contributed by atoms with Crippen LogP contribution in [0.5, 0.6) is 5.88 Å². The second kappa shape index (κ2) is 11.8. The lowest BCUT2D eigenvalue weighted by Crippen LogP contribution is -2.49. The highest BCUT2D eigenvalue weighted by Gasteiger charge is 2.59. The predicted octanol–water partition coefficient (Wildman–Crippen LogP) is 5.00. The number of ether oxygens (including phenoxy) is 1. The summed E-state index contributed by atoms with van der Waals surface area (Å²) in [5.41, 5.74) is 2.79. The van der Waals surface area contributed by atoms with E-state index in [1.165, 1.54) is 16.8 Å². The lowest BCUT2D eigenvalue weighted by Gasteiger charge is -2.35. The molecular formula is C33H38FN7O3S. The Balaban J connectivity index is 1.20. The maximum absolute atomic E-state index is 13.7. The van der Waals surface area contributed by atoms with Gasteiger partial charge in [0.05, 0.1) is 22.5 Å². The van der Waals surface area contributed by atoms with Crippen molar-refractivity contribution in [1.29, 1.82) is 0 Å². The molecule has 1 N–H and O–H groups in total. The van der Waals surface area contributed by atoms with Crippen LogP contribution in [0, 0.1) is 24.6 Å². The Kier molecular flexibility index (Phi) is 8.17. The molecule has 1 aromatic carbocycles. The number of carbonyl (C=O) groups is 1. The van der Waals surface area contributed by atoms with E-state index in [0.29, 0.717) is 48.3 Å². The van der Waals surface area contributed by atoms with Gasteiger partial charge in [0.1, 0.15) is 16.7 Å². The number of nitrogens with zero attached hydrogens (tertiary/aromatic N) is 6. The van der Waals surface area contributed by atoms with E-state index in [0.717, 1.165) is 11.1 Å². The van der Waals surface area contributed by atoms with E-state index < -0.39 is 21.6 Å². The lowest BCUT2D eigenvalue weighted by molar-refractivity contribution is 0.0751. The van der Waals surface area contributed by atoms with Crippen molar-refractivity contribution in [1.82, 2.24) is 34.4 Å².